The molecule has 2 N–H and O–H groups in total. The highest BCUT2D eigenvalue weighted by atomic mass is 31.2. The summed E-state index contributed by atoms with van der Waals surface area (Å²) in [5, 5.41) is 20.6. The molecule has 0 spiro atoms. The van der Waals surface area contributed by atoms with Crippen molar-refractivity contribution in [3.05, 3.63) is 29.8 Å². The molecule has 0 aliphatic rings. The number of hydrogen-bond acceptors (Lipinski definition) is 6. The first-order valence-electron chi connectivity index (χ1n) is 7.16. The van der Waals surface area contributed by atoms with Crippen LogP contribution in [0.15, 0.2) is 24.3 Å². The first-order valence-corrected chi connectivity index (χ1v) is 8.77. The summed E-state index contributed by atoms with van der Waals surface area (Å²) in [6.07, 6.45) is -2.22. The first-order chi connectivity index (χ1) is 10.2. The quantitative estimate of drug-likeness (QED) is 0.712. The highest BCUT2D eigenvalue weighted by molar-refractivity contribution is 7.54. The number of hydrogen-bond donors (Lipinski definition) is 2. The van der Waals surface area contributed by atoms with E-state index in [2.05, 4.69) is 0 Å². The van der Waals surface area contributed by atoms with Crippen LogP contribution in [-0.4, -0.2) is 35.4 Å². The Labute approximate surface area is 131 Å². The van der Waals surface area contributed by atoms with Gasteiger partial charge >= 0.3 is 7.60 Å². The monoisotopic (exact) mass is 332 g/mol. The van der Waals surface area contributed by atoms with Crippen molar-refractivity contribution in [2.24, 2.45) is 0 Å². The molecule has 7 heteroatoms. The van der Waals surface area contributed by atoms with E-state index < -0.39 is 31.8 Å². The van der Waals surface area contributed by atoms with E-state index in [-0.39, 0.29) is 0 Å². The van der Waals surface area contributed by atoms with Crippen molar-refractivity contribution in [3.63, 3.8) is 0 Å². The van der Waals surface area contributed by atoms with Crippen LogP contribution in [-0.2, 0) is 13.6 Å². The molecule has 0 amide bonds. The van der Waals surface area contributed by atoms with E-state index >= 15 is 0 Å². The van der Waals surface area contributed by atoms with Crippen LogP contribution in [0.2, 0.25) is 0 Å². The summed E-state index contributed by atoms with van der Waals surface area (Å²) in [6.45, 7) is 6.73. The Morgan fingerprint density at radius 2 is 1.41 bits per heavy atom. The molecule has 1 rings (SSSR count). The van der Waals surface area contributed by atoms with Gasteiger partial charge in [0.15, 0.2) is 5.85 Å². The minimum atomic E-state index is -3.89. The van der Waals surface area contributed by atoms with Gasteiger partial charge in [0.25, 0.3) is 0 Å². The molecule has 0 aliphatic carbocycles. The Morgan fingerprint density at radius 3 is 1.77 bits per heavy atom. The average molecular weight is 332 g/mol. The highest BCUT2D eigenvalue weighted by Gasteiger charge is 2.42. The van der Waals surface area contributed by atoms with Crippen LogP contribution in [0.3, 0.4) is 0 Å². The first kappa shape index (κ1) is 19.1. The van der Waals surface area contributed by atoms with Crippen LogP contribution in [0.25, 0.3) is 0 Å². The van der Waals surface area contributed by atoms with Gasteiger partial charge in [0.2, 0.25) is 0 Å². The third kappa shape index (κ3) is 5.07. The Balaban J connectivity index is 3.00. The Morgan fingerprint density at radius 1 is 0.955 bits per heavy atom. The van der Waals surface area contributed by atoms with Gasteiger partial charge in [0.1, 0.15) is 11.9 Å². The van der Waals surface area contributed by atoms with Crippen LogP contribution >= 0.6 is 7.60 Å². The van der Waals surface area contributed by atoms with Gasteiger partial charge in [0, 0.05) is 0 Å². The lowest BCUT2D eigenvalue weighted by Gasteiger charge is -2.29. The number of aliphatic hydroxyl groups excluding tert-OH is 2. The third-order valence-electron chi connectivity index (χ3n) is 2.78. The smallest absolute Gasteiger partial charge is 0.362 e. The molecular formula is C15H25O6P. The molecule has 0 aromatic heterocycles. The fourth-order valence-corrected chi connectivity index (χ4v) is 3.88. The second kappa shape index (κ2) is 8.09. The second-order valence-electron chi connectivity index (χ2n) is 5.48. The average Bonchev–Trinajstić information content (AvgIpc) is 2.44. The zero-order valence-corrected chi connectivity index (χ0v) is 14.5. The van der Waals surface area contributed by atoms with Crippen molar-refractivity contribution in [1.82, 2.24) is 0 Å². The molecule has 22 heavy (non-hydrogen) atoms. The molecule has 2 atom stereocenters. The maximum Gasteiger partial charge on any atom is 0.362 e. The Kier molecular flexibility index (Phi) is 7.03. The molecule has 0 saturated carbocycles. The summed E-state index contributed by atoms with van der Waals surface area (Å²) in [6, 6.07) is 6.45. The van der Waals surface area contributed by atoms with E-state index in [1.54, 1.807) is 52.0 Å². The number of benzene rings is 1. The summed E-state index contributed by atoms with van der Waals surface area (Å²) < 4.78 is 28.4. The van der Waals surface area contributed by atoms with Gasteiger partial charge in [-0.2, -0.15) is 0 Å². The SMILES string of the molecule is COc1ccc([C@@H](O)[C@@H](O)P(=O)(OC(C)C)OC(C)C)cc1. The van der Waals surface area contributed by atoms with Crippen LogP contribution in [0, 0.1) is 0 Å². The van der Waals surface area contributed by atoms with Gasteiger partial charge in [-0.1, -0.05) is 12.1 Å². The van der Waals surface area contributed by atoms with Crippen LogP contribution < -0.4 is 4.74 Å². The molecule has 0 fully saturated rings. The van der Waals surface area contributed by atoms with Crippen molar-refractivity contribution in [1.29, 1.82) is 0 Å². The summed E-state index contributed by atoms with van der Waals surface area (Å²) >= 11 is 0. The summed E-state index contributed by atoms with van der Waals surface area (Å²) in [4.78, 5) is 0. The van der Waals surface area contributed by atoms with Gasteiger partial charge < -0.3 is 24.0 Å². The zero-order chi connectivity index (χ0) is 16.9. The van der Waals surface area contributed by atoms with E-state index in [1.807, 2.05) is 0 Å². The molecule has 0 saturated heterocycles. The molecule has 0 radical (unpaired) electrons. The molecule has 126 valence electrons. The largest absolute Gasteiger partial charge is 0.497 e. The van der Waals surface area contributed by atoms with E-state index in [4.69, 9.17) is 13.8 Å². The van der Waals surface area contributed by atoms with Crippen molar-refractivity contribution >= 4 is 7.60 Å². The number of rotatable bonds is 8. The van der Waals surface area contributed by atoms with Gasteiger partial charge in [-0.15, -0.1) is 0 Å². The standard InChI is InChI=1S/C15H25O6P/c1-10(2)20-22(18,21-11(3)4)15(17)14(16)12-6-8-13(19-5)9-7-12/h6-11,14-17H,1-5H3/t14-,15+/m1/s1. The lowest BCUT2D eigenvalue weighted by molar-refractivity contribution is 0.0277. The molecular weight excluding hydrogens is 307 g/mol. The summed E-state index contributed by atoms with van der Waals surface area (Å²) in [5.41, 5.74) is 0.397. The second-order valence-corrected chi connectivity index (χ2v) is 7.51. The van der Waals surface area contributed by atoms with Crippen LogP contribution in [0.4, 0.5) is 0 Å². The van der Waals surface area contributed by atoms with Gasteiger partial charge in [-0.25, -0.2) is 0 Å². The Hall–Kier alpha value is -0.910. The summed E-state index contributed by atoms with van der Waals surface area (Å²) in [7, 11) is -2.36. The number of aliphatic hydroxyl groups is 2. The molecule has 1 aromatic rings. The highest BCUT2D eigenvalue weighted by Crippen LogP contribution is 2.57. The molecule has 6 nitrogen and oxygen atoms in total. The fourth-order valence-electron chi connectivity index (χ4n) is 1.88. The minimum Gasteiger partial charge on any atom is -0.497 e. The predicted molar refractivity (Wildman–Crippen MR) is 84.0 cm³/mol. The Bertz CT molecular complexity index is 485. The van der Waals surface area contributed by atoms with Gasteiger partial charge in [-0.3, -0.25) is 4.57 Å². The fraction of sp³-hybridized carbons (Fsp3) is 0.600. The zero-order valence-electron chi connectivity index (χ0n) is 13.6. The van der Waals surface area contributed by atoms with E-state index in [1.165, 1.54) is 7.11 Å². The lowest BCUT2D eigenvalue weighted by atomic mass is 10.1. The molecule has 1 aromatic carbocycles. The maximum atomic E-state index is 12.8. The molecule has 0 unspecified atom stereocenters. The lowest BCUT2D eigenvalue weighted by Crippen LogP contribution is -2.24. The molecule has 0 heterocycles. The van der Waals surface area contributed by atoms with E-state index in [0.29, 0.717) is 11.3 Å². The molecule has 0 bridgehead atoms. The van der Waals surface area contributed by atoms with Crippen molar-refractivity contribution in [2.45, 2.75) is 51.9 Å². The molecule has 0 aliphatic heterocycles. The van der Waals surface area contributed by atoms with Crippen LogP contribution in [0.5, 0.6) is 5.75 Å². The van der Waals surface area contributed by atoms with E-state index in [0.717, 1.165) is 0 Å². The minimum absolute atomic E-state index is 0.397. The maximum absolute atomic E-state index is 12.8. The van der Waals surface area contributed by atoms with Gasteiger partial charge in [-0.05, 0) is 45.4 Å². The number of ether oxygens (including phenoxy) is 1. The third-order valence-corrected chi connectivity index (χ3v) is 5.14. The van der Waals surface area contributed by atoms with E-state index in [9.17, 15) is 14.8 Å². The van der Waals surface area contributed by atoms with Gasteiger partial charge in [0.05, 0.1) is 19.3 Å². The van der Waals surface area contributed by atoms with Crippen LogP contribution in [0.1, 0.15) is 39.4 Å². The summed E-state index contributed by atoms with van der Waals surface area (Å²) in [5.74, 6) is -1.06. The normalized spacial score (nSPS) is 15.1. The van der Waals surface area contributed by atoms with Crippen molar-refractivity contribution < 1.29 is 28.6 Å². The predicted octanol–water partition coefficient (Wildman–Crippen LogP) is 3.09. The number of methoxy groups -OCH3 is 1. The van der Waals surface area contributed by atoms with Crippen molar-refractivity contribution in [3.8, 4) is 5.75 Å². The van der Waals surface area contributed by atoms with Crippen molar-refractivity contribution in [2.75, 3.05) is 7.11 Å². The topological polar surface area (TPSA) is 85.2 Å².